The van der Waals surface area contributed by atoms with Gasteiger partial charge in [-0.3, -0.25) is 9.88 Å². The first-order valence-corrected chi connectivity index (χ1v) is 8.94. The molecule has 1 heterocycles. The van der Waals surface area contributed by atoms with Gasteiger partial charge in [0.15, 0.2) is 0 Å². The second kappa shape index (κ2) is 9.49. The zero-order valence-electron chi connectivity index (χ0n) is 13.5. The van der Waals surface area contributed by atoms with Crippen molar-refractivity contribution in [2.24, 2.45) is 0 Å². The fraction of sp³-hybridized carbons (Fsp3) is 0.389. The molecule has 118 valence electrons. The molecule has 1 aromatic heterocycles. The maximum atomic E-state index is 4.47. The summed E-state index contributed by atoms with van der Waals surface area (Å²) in [4.78, 5) is 6.94. The Bertz CT molecular complexity index is 545. The monoisotopic (exact) mass is 315 g/mol. The van der Waals surface area contributed by atoms with E-state index in [1.807, 2.05) is 31.1 Å². The molecule has 1 aromatic carbocycles. The van der Waals surface area contributed by atoms with Crippen molar-refractivity contribution >= 4 is 17.4 Å². The Balaban J connectivity index is 2.06. The Hall–Kier alpha value is -1.52. The van der Waals surface area contributed by atoms with Crippen LogP contribution in [0.4, 0.5) is 5.69 Å². The van der Waals surface area contributed by atoms with E-state index >= 15 is 0 Å². The van der Waals surface area contributed by atoms with Crippen molar-refractivity contribution < 1.29 is 0 Å². The highest BCUT2D eigenvalue weighted by Crippen LogP contribution is 2.18. The summed E-state index contributed by atoms with van der Waals surface area (Å²) in [6.07, 6.45) is 1.87. The van der Waals surface area contributed by atoms with Gasteiger partial charge < -0.3 is 5.32 Å². The Labute approximate surface area is 138 Å². The Morgan fingerprint density at radius 3 is 2.64 bits per heavy atom. The second-order valence-corrected chi connectivity index (χ2v) is 6.53. The molecule has 0 radical (unpaired) electrons. The number of thioether (sulfide) groups is 1. The van der Waals surface area contributed by atoms with Crippen molar-refractivity contribution in [3.8, 4) is 0 Å². The third kappa shape index (κ3) is 5.35. The molecular formula is C18H25N3S. The SMILES string of the molecule is CCSCCN(Cc1ccccn1)Cc1ccccc1NC. The van der Waals surface area contributed by atoms with Crippen molar-refractivity contribution in [1.82, 2.24) is 9.88 Å². The number of hydrogen-bond acceptors (Lipinski definition) is 4. The van der Waals surface area contributed by atoms with E-state index in [1.165, 1.54) is 17.0 Å². The topological polar surface area (TPSA) is 28.2 Å². The molecule has 2 rings (SSSR count). The molecule has 0 fully saturated rings. The van der Waals surface area contributed by atoms with Crippen LogP contribution in [0.25, 0.3) is 0 Å². The number of benzene rings is 1. The van der Waals surface area contributed by atoms with Crippen molar-refractivity contribution in [2.75, 3.05) is 30.4 Å². The van der Waals surface area contributed by atoms with Crippen LogP contribution >= 0.6 is 11.8 Å². The number of hydrogen-bond donors (Lipinski definition) is 1. The Kier molecular flexibility index (Phi) is 7.26. The Morgan fingerprint density at radius 2 is 1.91 bits per heavy atom. The molecule has 0 saturated carbocycles. The van der Waals surface area contributed by atoms with Crippen LogP contribution in [0.2, 0.25) is 0 Å². The van der Waals surface area contributed by atoms with Crippen molar-refractivity contribution in [3.05, 3.63) is 59.9 Å². The summed E-state index contributed by atoms with van der Waals surface area (Å²) in [5, 5.41) is 3.28. The highest BCUT2D eigenvalue weighted by Gasteiger charge is 2.10. The fourth-order valence-electron chi connectivity index (χ4n) is 2.42. The molecule has 3 nitrogen and oxygen atoms in total. The summed E-state index contributed by atoms with van der Waals surface area (Å²) in [6.45, 7) is 5.12. The van der Waals surface area contributed by atoms with Crippen molar-refractivity contribution in [1.29, 1.82) is 0 Å². The molecule has 1 N–H and O–H groups in total. The Morgan fingerprint density at radius 1 is 1.09 bits per heavy atom. The predicted octanol–water partition coefficient (Wildman–Crippen LogP) is 3.88. The van der Waals surface area contributed by atoms with Crippen LogP contribution in [0.3, 0.4) is 0 Å². The van der Waals surface area contributed by atoms with Gasteiger partial charge in [0.05, 0.1) is 5.69 Å². The number of para-hydroxylation sites is 1. The fourth-order valence-corrected chi connectivity index (χ4v) is 3.09. The van der Waals surface area contributed by atoms with Gasteiger partial charge in [-0.1, -0.05) is 31.2 Å². The van der Waals surface area contributed by atoms with E-state index < -0.39 is 0 Å². The first kappa shape index (κ1) is 16.8. The van der Waals surface area contributed by atoms with Gasteiger partial charge in [-0.2, -0.15) is 11.8 Å². The van der Waals surface area contributed by atoms with Crippen LogP contribution in [0, 0.1) is 0 Å². The van der Waals surface area contributed by atoms with Crippen molar-refractivity contribution in [2.45, 2.75) is 20.0 Å². The zero-order valence-corrected chi connectivity index (χ0v) is 14.3. The summed E-state index contributed by atoms with van der Waals surface area (Å²) >= 11 is 1.99. The van der Waals surface area contributed by atoms with E-state index in [1.54, 1.807) is 0 Å². The molecule has 0 saturated heterocycles. The number of rotatable bonds is 9. The molecule has 0 unspecified atom stereocenters. The van der Waals surface area contributed by atoms with E-state index in [0.717, 1.165) is 31.1 Å². The normalized spacial score (nSPS) is 10.9. The molecular weight excluding hydrogens is 290 g/mol. The third-order valence-electron chi connectivity index (χ3n) is 3.55. The van der Waals surface area contributed by atoms with Crippen LogP contribution in [0.5, 0.6) is 0 Å². The number of anilines is 1. The van der Waals surface area contributed by atoms with Gasteiger partial charge in [0.2, 0.25) is 0 Å². The molecule has 0 atom stereocenters. The lowest BCUT2D eigenvalue weighted by Crippen LogP contribution is -2.26. The minimum Gasteiger partial charge on any atom is -0.388 e. The quantitative estimate of drug-likeness (QED) is 0.711. The molecule has 0 aliphatic rings. The van der Waals surface area contributed by atoms with Crippen LogP contribution in [-0.2, 0) is 13.1 Å². The van der Waals surface area contributed by atoms with Gasteiger partial charge in [0, 0.05) is 44.3 Å². The number of aromatic nitrogens is 1. The van der Waals surface area contributed by atoms with E-state index in [9.17, 15) is 0 Å². The lowest BCUT2D eigenvalue weighted by atomic mass is 10.1. The highest BCUT2D eigenvalue weighted by atomic mass is 32.2. The lowest BCUT2D eigenvalue weighted by molar-refractivity contribution is 0.271. The molecule has 0 spiro atoms. The maximum Gasteiger partial charge on any atom is 0.0544 e. The van der Waals surface area contributed by atoms with Gasteiger partial charge in [-0.05, 0) is 29.5 Å². The first-order valence-electron chi connectivity index (χ1n) is 7.79. The predicted molar refractivity (Wildman–Crippen MR) is 97.3 cm³/mol. The van der Waals surface area contributed by atoms with Crippen LogP contribution in [0.1, 0.15) is 18.2 Å². The summed E-state index contributed by atoms with van der Waals surface area (Å²) < 4.78 is 0. The van der Waals surface area contributed by atoms with Crippen LogP contribution in [-0.4, -0.2) is 35.0 Å². The summed E-state index contributed by atoms with van der Waals surface area (Å²) in [5.41, 5.74) is 3.67. The number of nitrogens with zero attached hydrogens (tertiary/aromatic N) is 2. The average Bonchev–Trinajstić information content (AvgIpc) is 2.56. The smallest absolute Gasteiger partial charge is 0.0544 e. The highest BCUT2D eigenvalue weighted by molar-refractivity contribution is 7.99. The second-order valence-electron chi connectivity index (χ2n) is 5.14. The van der Waals surface area contributed by atoms with Crippen LogP contribution < -0.4 is 5.32 Å². The van der Waals surface area contributed by atoms with Crippen molar-refractivity contribution in [3.63, 3.8) is 0 Å². The molecule has 0 aliphatic carbocycles. The van der Waals surface area contributed by atoms with E-state index in [-0.39, 0.29) is 0 Å². The zero-order chi connectivity index (χ0) is 15.6. The van der Waals surface area contributed by atoms with E-state index in [2.05, 4.69) is 58.5 Å². The summed E-state index contributed by atoms with van der Waals surface area (Å²) in [7, 11) is 1.98. The molecule has 0 bridgehead atoms. The van der Waals surface area contributed by atoms with Gasteiger partial charge >= 0.3 is 0 Å². The van der Waals surface area contributed by atoms with Gasteiger partial charge in [-0.25, -0.2) is 0 Å². The molecule has 2 aromatic rings. The van der Waals surface area contributed by atoms with Gasteiger partial charge in [-0.15, -0.1) is 0 Å². The molecule has 0 amide bonds. The van der Waals surface area contributed by atoms with Gasteiger partial charge in [0.25, 0.3) is 0 Å². The first-order chi connectivity index (χ1) is 10.8. The molecule has 22 heavy (non-hydrogen) atoms. The van der Waals surface area contributed by atoms with E-state index in [0.29, 0.717) is 0 Å². The molecule has 0 aliphatic heterocycles. The third-order valence-corrected chi connectivity index (χ3v) is 4.43. The van der Waals surface area contributed by atoms with Gasteiger partial charge in [0.1, 0.15) is 0 Å². The lowest BCUT2D eigenvalue weighted by Gasteiger charge is -2.23. The van der Waals surface area contributed by atoms with Crippen LogP contribution in [0.15, 0.2) is 48.7 Å². The number of pyridine rings is 1. The summed E-state index contributed by atoms with van der Waals surface area (Å²) in [5.74, 6) is 2.33. The maximum absolute atomic E-state index is 4.47. The van der Waals surface area contributed by atoms with E-state index in [4.69, 9.17) is 0 Å². The molecule has 4 heteroatoms. The summed E-state index contributed by atoms with van der Waals surface area (Å²) in [6, 6.07) is 14.6. The minimum absolute atomic E-state index is 0.892. The number of nitrogens with one attached hydrogen (secondary N) is 1. The minimum atomic E-state index is 0.892. The largest absolute Gasteiger partial charge is 0.388 e. The standard InChI is InChI=1S/C18H25N3S/c1-3-22-13-12-21(15-17-9-6-7-11-20-17)14-16-8-4-5-10-18(16)19-2/h4-11,19H,3,12-15H2,1-2H3. The average molecular weight is 315 g/mol.